The smallest absolute Gasteiger partial charge is 0.244 e. The van der Waals surface area contributed by atoms with Crippen molar-refractivity contribution in [3.05, 3.63) is 40.9 Å². The third-order valence-corrected chi connectivity index (χ3v) is 3.71. The van der Waals surface area contributed by atoms with Crippen molar-refractivity contribution in [2.24, 2.45) is 0 Å². The van der Waals surface area contributed by atoms with E-state index in [-0.39, 0.29) is 5.91 Å². The molecule has 0 aromatic heterocycles. The van der Waals surface area contributed by atoms with Crippen molar-refractivity contribution in [3.8, 4) is 0 Å². The van der Waals surface area contributed by atoms with Gasteiger partial charge in [-0.15, -0.1) is 0 Å². The van der Waals surface area contributed by atoms with Crippen LogP contribution in [-0.4, -0.2) is 11.9 Å². The van der Waals surface area contributed by atoms with Crippen LogP contribution in [0.4, 0.5) is 0 Å². The minimum absolute atomic E-state index is 0.00752. The fraction of sp³-hybridized carbons (Fsp3) is 0.438. The van der Waals surface area contributed by atoms with E-state index in [9.17, 15) is 4.79 Å². The molecule has 1 saturated carbocycles. The Morgan fingerprint density at radius 2 is 1.95 bits per heavy atom. The molecule has 2 rings (SSSR count). The Labute approximate surface area is 119 Å². The van der Waals surface area contributed by atoms with E-state index in [4.69, 9.17) is 11.6 Å². The lowest BCUT2D eigenvalue weighted by Gasteiger charge is -2.14. The van der Waals surface area contributed by atoms with Gasteiger partial charge < -0.3 is 5.32 Å². The molecule has 0 heterocycles. The molecule has 2 nitrogen and oxygen atoms in total. The number of carbonyl (C=O) groups is 1. The quantitative estimate of drug-likeness (QED) is 0.651. The normalized spacial score (nSPS) is 17.3. The summed E-state index contributed by atoms with van der Waals surface area (Å²) in [7, 11) is 0. The third-order valence-electron chi connectivity index (χ3n) is 3.48. The minimum atomic E-state index is -0.00752. The molecule has 0 unspecified atom stereocenters. The van der Waals surface area contributed by atoms with E-state index in [1.54, 1.807) is 12.2 Å². The van der Waals surface area contributed by atoms with Crippen molar-refractivity contribution >= 4 is 23.6 Å². The Morgan fingerprint density at radius 1 is 1.21 bits per heavy atom. The van der Waals surface area contributed by atoms with Gasteiger partial charge in [-0.2, -0.15) is 0 Å². The van der Waals surface area contributed by atoms with E-state index in [0.29, 0.717) is 11.1 Å². The van der Waals surface area contributed by atoms with Crippen molar-refractivity contribution in [3.63, 3.8) is 0 Å². The predicted molar refractivity (Wildman–Crippen MR) is 80.1 cm³/mol. The molecule has 1 aromatic rings. The van der Waals surface area contributed by atoms with E-state index in [1.807, 2.05) is 24.3 Å². The average molecular weight is 278 g/mol. The van der Waals surface area contributed by atoms with Gasteiger partial charge in [0.05, 0.1) is 0 Å². The fourth-order valence-electron chi connectivity index (χ4n) is 2.46. The van der Waals surface area contributed by atoms with Crippen molar-refractivity contribution in [1.29, 1.82) is 0 Å². The van der Waals surface area contributed by atoms with Gasteiger partial charge in [-0.3, -0.25) is 4.79 Å². The summed E-state index contributed by atoms with van der Waals surface area (Å²) in [5, 5.41) is 3.77. The van der Waals surface area contributed by atoms with Crippen LogP contribution in [0.25, 0.3) is 6.08 Å². The molecule has 1 aliphatic carbocycles. The molecule has 0 spiro atoms. The number of rotatable bonds is 3. The molecule has 3 heteroatoms. The van der Waals surface area contributed by atoms with E-state index < -0.39 is 0 Å². The maximum absolute atomic E-state index is 11.9. The van der Waals surface area contributed by atoms with E-state index >= 15 is 0 Å². The number of hydrogen-bond acceptors (Lipinski definition) is 1. The first-order valence-electron chi connectivity index (χ1n) is 6.98. The van der Waals surface area contributed by atoms with Gasteiger partial charge in [0.1, 0.15) is 0 Å². The Balaban J connectivity index is 1.86. The first-order valence-corrected chi connectivity index (χ1v) is 7.36. The second-order valence-corrected chi connectivity index (χ2v) is 5.52. The molecule has 0 atom stereocenters. The number of carbonyl (C=O) groups excluding carboxylic acids is 1. The SMILES string of the molecule is O=C(C=Cc1cccc(Cl)c1)NC1CCCCCC1. The van der Waals surface area contributed by atoms with Gasteiger partial charge in [0.2, 0.25) is 5.91 Å². The Kier molecular flexibility index (Phi) is 5.46. The minimum Gasteiger partial charge on any atom is -0.350 e. The molecule has 1 fully saturated rings. The van der Waals surface area contributed by atoms with Crippen LogP contribution in [0, 0.1) is 0 Å². The topological polar surface area (TPSA) is 29.1 Å². The summed E-state index contributed by atoms with van der Waals surface area (Å²) in [5.41, 5.74) is 0.948. The number of nitrogens with one attached hydrogen (secondary N) is 1. The molecule has 19 heavy (non-hydrogen) atoms. The first kappa shape index (κ1) is 14.1. The van der Waals surface area contributed by atoms with Crippen LogP contribution in [0.2, 0.25) is 5.02 Å². The highest BCUT2D eigenvalue weighted by Crippen LogP contribution is 2.17. The van der Waals surface area contributed by atoms with Crippen LogP contribution < -0.4 is 5.32 Å². The van der Waals surface area contributed by atoms with Crippen molar-refractivity contribution < 1.29 is 4.79 Å². The largest absolute Gasteiger partial charge is 0.350 e. The molecule has 0 bridgehead atoms. The molecule has 0 saturated heterocycles. The third kappa shape index (κ3) is 5.07. The zero-order valence-electron chi connectivity index (χ0n) is 11.1. The fourth-order valence-corrected chi connectivity index (χ4v) is 2.65. The van der Waals surface area contributed by atoms with Gasteiger partial charge in [0.15, 0.2) is 0 Å². The van der Waals surface area contributed by atoms with Gasteiger partial charge in [-0.25, -0.2) is 0 Å². The van der Waals surface area contributed by atoms with Gasteiger partial charge in [-0.1, -0.05) is 49.4 Å². The van der Waals surface area contributed by atoms with Gasteiger partial charge >= 0.3 is 0 Å². The van der Waals surface area contributed by atoms with Crippen LogP contribution in [-0.2, 0) is 4.79 Å². The van der Waals surface area contributed by atoms with Crippen LogP contribution in [0.5, 0.6) is 0 Å². The standard InChI is InChI=1S/C16H20ClNO/c17-14-7-5-6-13(12-14)10-11-16(19)18-15-8-3-1-2-4-9-15/h5-7,10-12,15H,1-4,8-9H2,(H,18,19). The summed E-state index contributed by atoms with van der Waals surface area (Å²) < 4.78 is 0. The Bertz CT molecular complexity index is 448. The summed E-state index contributed by atoms with van der Waals surface area (Å²) in [6.07, 6.45) is 10.7. The molecular formula is C16H20ClNO. The van der Waals surface area contributed by atoms with E-state index in [0.717, 1.165) is 18.4 Å². The van der Waals surface area contributed by atoms with Crippen molar-refractivity contribution in [2.75, 3.05) is 0 Å². The molecule has 1 aromatic carbocycles. The lowest BCUT2D eigenvalue weighted by molar-refractivity contribution is -0.117. The molecule has 0 radical (unpaired) electrons. The maximum atomic E-state index is 11.9. The number of benzene rings is 1. The lowest BCUT2D eigenvalue weighted by atomic mass is 10.1. The highest BCUT2D eigenvalue weighted by molar-refractivity contribution is 6.30. The number of amides is 1. The van der Waals surface area contributed by atoms with Crippen LogP contribution in [0.3, 0.4) is 0 Å². The molecular weight excluding hydrogens is 258 g/mol. The summed E-state index contributed by atoms with van der Waals surface area (Å²) in [6, 6.07) is 7.83. The number of halogens is 1. The summed E-state index contributed by atoms with van der Waals surface area (Å²) in [6.45, 7) is 0. The zero-order chi connectivity index (χ0) is 13.5. The highest BCUT2D eigenvalue weighted by atomic mass is 35.5. The Hall–Kier alpha value is -1.28. The Morgan fingerprint density at radius 3 is 2.63 bits per heavy atom. The van der Waals surface area contributed by atoms with Gasteiger partial charge in [-0.05, 0) is 36.6 Å². The summed E-state index contributed by atoms with van der Waals surface area (Å²) in [4.78, 5) is 11.9. The highest BCUT2D eigenvalue weighted by Gasteiger charge is 2.12. The van der Waals surface area contributed by atoms with Crippen molar-refractivity contribution in [1.82, 2.24) is 5.32 Å². The van der Waals surface area contributed by atoms with Crippen LogP contribution in [0.1, 0.15) is 44.1 Å². The van der Waals surface area contributed by atoms with Crippen LogP contribution in [0.15, 0.2) is 30.3 Å². The predicted octanol–water partition coefficient (Wildman–Crippen LogP) is 4.19. The maximum Gasteiger partial charge on any atom is 0.244 e. The monoisotopic (exact) mass is 277 g/mol. The summed E-state index contributed by atoms with van der Waals surface area (Å²) in [5.74, 6) is -0.00752. The zero-order valence-corrected chi connectivity index (χ0v) is 11.8. The van der Waals surface area contributed by atoms with Crippen molar-refractivity contribution in [2.45, 2.75) is 44.6 Å². The molecule has 102 valence electrons. The average Bonchev–Trinajstić information content (AvgIpc) is 2.65. The van der Waals surface area contributed by atoms with Crippen LogP contribution >= 0.6 is 11.6 Å². The second-order valence-electron chi connectivity index (χ2n) is 5.09. The summed E-state index contributed by atoms with van der Waals surface area (Å²) >= 11 is 5.90. The van der Waals surface area contributed by atoms with E-state index in [1.165, 1.54) is 25.7 Å². The second kappa shape index (κ2) is 7.34. The lowest BCUT2D eigenvalue weighted by Crippen LogP contribution is -2.33. The van der Waals surface area contributed by atoms with Gasteiger partial charge in [0, 0.05) is 17.1 Å². The molecule has 0 aliphatic heterocycles. The number of hydrogen-bond donors (Lipinski definition) is 1. The molecule has 1 amide bonds. The van der Waals surface area contributed by atoms with E-state index in [2.05, 4.69) is 5.32 Å². The molecule has 1 N–H and O–H groups in total. The first-order chi connectivity index (χ1) is 9.24. The van der Waals surface area contributed by atoms with Gasteiger partial charge in [0.25, 0.3) is 0 Å². The molecule has 1 aliphatic rings.